The van der Waals surface area contributed by atoms with Crippen molar-refractivity contribution in [3.63, 3.8) is 0 Å². The van der Waals surface area contributed by atoms with Gasteiger partial charge in [-0.1, -0.05) is 61.9 Å². The van der Waals surface area contributed by atoms with Crippen LogP contribution in [0, 0.1) is 12.8 Å². The highest BCUT2D eigenvalue weighted by atomic mass is 32.2. The van der Waals surface area contributed by atoms with Gasteiger partial charge in [-0.3, -0.25) is 0 Å². The van der Waals surface area contributed by atoms with E-state index in [0.29, 0.717) is 18.8 Å². The summed E-state index contributed by atoms with van der Waals surface area (Å²) in [4.78, 5) is 6.69. The average molecular weight is 697 g/mol. The predicted molar refractivity (Wildman–Crippen MR) is 204 cm³/mol. The zero-order chi connectivity index (χ0) is 36.0. The molecule has 264 valence electrons. The van der Waals surface area contributed by atoms with Crippen molar-refractivity contribution in [3.05, 3.63) is 114 Å². The summed E-state index contributed by atoms with van der Waals surface area (Å²) in [6.45, 7) is 9.08. The van der Waals surface area contributed by atoms with E-state index in [1.165, 1.54) is 11.8 Å². The van der Waals surface area contributed by atoms with Crippen LogP contribution in [-0.2, 0) is 17.5 Å². The first kappa shape index (κ1) is 36.8. The van der Waals surface area contributed by atoms with E-state index in [1.54, 1.807) is 0 Å². The van der Waals surface area contributed by atoms with Crippen molar-refractivity contribution >= 4 is 28.2 Å². The van der Waals surface area contributed by atoms with Crippen molar-refractivity contribution in [2.24, 2.45) is 5.92 Å². The molecular formula is C40H48N4O5S. The predicted octanol–water partition coefficient (Wildman–Crippen LogP) is 7.24. The summed E-state index contributed by atoms with van der Waals surface area (Å²) in [6.07, 6.45) is 9.62. The highest BCUT2D eigenvalue weighted by molar-refractivity contribution is 7.78. The Bertz CT molecular complexity index is 1870. The van der Waals surface area contributed by atoms with Crippen LogP contribution in [0.25, 0.3) is 27.8 Å². The molecule has 0 radical (unpaired) electrons. The molecule has 10 heteroatoms. The lowest BCUT2D eigenvalue weighted by Gasteiger charge is -2.29. The molecule has 3 aromatic carbocycles. The highest BCUT2D eigenvalue weighted by Gasteiger charge is 2.63. The number of anilines is 2. The highest BCUT2D eigenvalue weighted by Crippen LogP contribution is 2.59. The maximum atomic E-state index is 12.0. The summed E-state index contributed by atoms with van der Waals surface area (Å²) in [7, 11) is 0. The maximum absolute atomic E-state index is 12.0. The number of benzene rings is 3. The molecule has 4 atom stereocenters. The Balaban J connectivity index is 0.00000115. The zero-order valence-corrected chi connectivity index (χ0v) is 30.2. The monoisotopic (exact) mass is 696 g/mol. The van der Waals surface area contributed by atoms with Crippen molar-refractivity contribution in [3.8, 4) is 28.0 Å². The van der Waals surface area contributed by atoms with Gasteiger partial charge < -0.3 is 35.5 Å². The Labute approximate surface area is 297 Å². The van der Waals surface area contributed by atoms with Gasteiger partial charge >= 0.3 is 0 Å². The number of hydrogen-bond acceptors (Lipinski definition) is 8. The van der Waals surface area contributed by atoms with Crippen LogP contribution < -0.4 is 15.8 Å². The number of aliphatic hydroxyl groups is 2. The minimum absolute atomic E-state index is 0.118. The minimum atomic E-state index is -1.61. The van der Waals surface area contributed by atoms with E-state index in [4.69, 9.17) is 19.2 Å². The van der Waals surface area contributed by atoms with E-state index >= 15 is 0 Å². The molecule has 50 heavy (non-hydrogen) atoms. The molecule has 1 aliphatic heterocycles. The van der Waals surface area contributed by atoms with Gasteiger partial charge in [-0.15, -0.1) is 0 Å². The van der Waals surface area contributed by atoms with Crippen LogP contribution in [0.3, 0.4) is 0 Å². The Morgan fingerprint density at radius 3 is 2.26 bits per heavy atom. The van der Waals surface area contributed by atoms with Gasteiger partial charge in [0, 0.05) is 59.9 Å². The largest absolute Gasteiger partial charge is 0.494 e. The number of nitrogen functional groups attached to an aromatic ring is 1. The first-order valence-corrected chi connectivity index (χ1v) is 18.6. The smallest absolute Gasteiger partial charge is 0.171 e. The van der Waals surface area contributed by atoms with Crippen LogP contribution >= 0.6 is 0 Å². The molecule has 0 spiro atoms. The summed E-state index contributed by atoms with van der Waals surface area (Å²) >= 11 is -1.61. The van der Waals surface area contributed by atoms with Crippen LogP contribution in [0.4, 0.5) is 11.5 Å². The zero-order valence-electron chi connectivity index (χ0n) is 29.4. The van der Waals surface area contributed by atoms with Crippen LogP contribution in [0.15, 0.2) is 97.0 Å². The maximum Gasteiger partial charge on any atom is 0.171 e. The van der Waals surface area contributed by atoms with E-state index in [9.17, 15) is 10.2 Å². The van der Waals surface area contributed by atoms with Crippen LogP contribution in [0.2, 0.25) is 0 Å². The van der Waals surface area contributed by atoms with Gasteiger partial charge in [-0.25, -0.2) is 9.19 Å². The van der Waals surface area contributed by atoms with Crippen molar-refractivity contribution in [1.82, 2.24) is 9.88 Å². The fourth-order valence-corrected chi connectivity index (χ4v) is 6.54. The molecule has 0 bridgehead atoms. The molecule has 4 unspecified atom stereocenters. The van der Waals surface area contributed by atoms with Crippen molar-refractivity contribution < 1.29 is 23.7 Å². The number of nitrogens with two attached hydrogens (primary N) is 1. The molecule has 6 N–H and O–H groups in total. The molecule has 1 aliphatic carbocycles. The quantitative estimate of drug-likeness (QED) is 0.0766. The van der Waals surface area contributed by atoms with Gasteiger partial charge in [-0.05, 0) is 91.3 Å². The normalized spacial score (nSPS) is 18.9. The Hall–Kier alpha value is -4.48. The molecule has 1 aromatic heterocycles. The molecule has 2 heterocycles. The third kappa shape index (κ3) is 8.11. The molecule has 9 nitrogen and oxygen atoms in total. The van der Waals surface area contributed by atoms with Crippen LogP contribution in [0.1, 0.15) is 50.3 Å². The standard InChI is InChI=1S/C39H44N4O3.CH4O2S/c1-5-26-20-29(14-17-36(26)46-7-3)30-21-33(38(40)41-22-30)27-12-15-31(16-13-27)42-39(45)35-24-43(32(6-2)18-19-44)23-34(37(35)39)28-10-8-25(4)9-11-28;1-4(2)3/h8-17,20-24,32,37,42,44-45H,5-7,18-19H2,1-4H3,(H2,40,41);1H3,(H,2,3). The van der Waals surface area contributed by atoms with E-state index < -0.39 is 16.8 Å². The Morgan fingerprint density at radius 2 is 1.64 bits per heavy atom. The summed E-state index contributed by atoms with van der Waals surface area (Å²) in [5.41, 5.74) is 15.2. The first-order chi connectivity index (χ1) is 24.0. The molecule has 6 rings (SSSR count). The van der Waals surface area contributed by atoms with Gasteiger partial charge in [0.1, 0.15) is 22.6 Å². The van der Waals surface area contributed by atoms with E-state index in [1.807, 2.05) is 43.5 Å². The lowest BCUT2D eigenvalue weighted by Crippen LogP contribution is -2.28. The summed E-state index contributed by atoms with van der Waals surface area (Å²) in [5.74, 6) is 1.21. The summed E-state index contributed by atoms with van der Waals surface area (Å²) < 4.78 is 22.4. The number of hydrogen-bond donors (Lipinski definition) is 5. The number of aryl methyl sites for hydroxylation is 2. The van der Waals surface area contributed by atoms with Crippen molar-refractivity contribution in [1.29, 1.82) is 0 Å². The van der Waals surface area contributed by atoms with Gasteiger partial charge in [0.15, 0.2) is 5.72 Å². The number of pyridine rings is 1. The fourth-order valence-electron chi connectivity index (χ4n) is 6.54. The second kappa shape index (κ2) is 16.0. The Morgan fingerprint density at radius 1 is 0.980 bits per heavy atom. The van der Waals surface area contributed by atoms with Gasteiger partial charge in [0.25, 0.3) is 0 Å². The lowest BCUT2D eigenvalue weighted by molar-refractivity contribution is 0.182. The average Bonchev–Trinajstić information content (AvgIpc) is 3.70. The number of ether oxygens (including phenoxy) is 1. The fraction of sp³-hybridized carbons (Fsp3) is 0.325. The Kier molecular flexibility index (Phi) is 11.8. The van der Waals surface area contributed by atoms with Gasteiger partial charge in [0.05, 0.1) is 12.5 Å². The van der Waals surface area contributed by atoms with E-state index in [0.717, 1.165) is 68.8 Å². The molecule has 1 saturated carbocycles. The number of nitrogens with one attached hydrogen (secondary N) is 1. The molecule has 0 saturated heterocycles. The van der Waals surface area contributed by atoms with Crippen molar-refractivity contribution in [2.45, 2.75) is 58.7 Å². The number of aromatic nitrogens is 1. The summed E-state index contributed by atoms with van der Waals surface area (Å²) in [5, 5.41) is 25.1. The number of fused-ring (bicyclic) bond motifs is 1. The first-order valence-electron chi connectivity index (χ1n) is 17.1. The van der Waals surface area contributed by atoms with Gasteiger partial charge in [-0.2, -0.15) is 0 Å². The topological polar surface area (TPSA) is 141 Å². The third-order valence-electron chi connectivity index (χ3n) is 9.24. The van der Waals surface area contributed by atoms with E-state index in [-0.39, 0.29) is 18.6 Å². The molecule has 2 aliphatic rings. The number of rotatable bonds is 12. The molecule has 0 amide bonds. The minimum Gasteiger partial charge on any atom is -0.494 e. The SMILES string of the molecule is CCOc1ccc(-c2cnc(N)c(-c3ccc(NC4(O)C5=CN(C(CC)CCO)C=C(c6ccc(C)cc6)C54)cc3)c2)cc1CC.CS(=O)O. The lowest BCUT2D eigenvalue weighted by atomic mass is 9.98. The molecule has 1 fully saturated rings. The van der Waals surface area contributed by atoms with E-state index in [2.05, 4.69) is 90.8 Å². The van der Waals surface area contributed by atoms with Gasteiger partial charge in [0.2, 0.25) is 0 Å². The second-order valence-corrected chi connectivity index (χ2v) is 13.5. The third-order valence-corrected chi connectivity index (χ3v) is 9.24. The molecular weight excluding hydrogens is 649 g/mol. The van der Waals surface area contributed by atoms with Crippen molar-refractivity contribution in [2.75, 3.05) is 30.5 Å². The van der Waals surface area contributed by atoms with Crippen LogP contribution in [0.5, 0.6) is 5.75 Å². The summed E-state index contributed by atoms with van der Waals surface area (Å²) in [6, 6.07) is 24.9. The number of aliphatic hydroxyl groups excluding tert-OH is 1. The second-order valence-electron chi connectivity index (χ2n) is 12.6. The number of nitrogens with zero attached hydrogens (tertiary/aromatic N) is 2. The van der Waals surface area contributed by atoms with Crippen LogP contribution in [-0.4, -0.2) is 60.1 Å². The molecule has 4 aromatic rings.